The molecule has 1 N–H and O–H groups in total. The van der Waals surface area contributed by atoms with E-state index in [1.54, 1.807) is 4.90 Å². The van der Waals surface area contributed by atoms with Gasteiger partial charge < -0.3 is 10.1 Å². The Hall–Kier alpha value is -2.43. The molecule has 2 fully saturated rings. The van der Waals surface area contributed by atoms with Gasteiger partial charge in [0.2, 0.25) is 5.88 Å². The summed E-state index contributed by atoms with van der Waals surface area (Å²) < 4.78 is 44.3. The SMILES string of the molecule is O=C(Oc1ccc2nnc(C(F)(F)F)n2n1)N1C2CCC1CNC2. The van der Waals surface area contributed by atoms with Crippen molar-refractivity contribution >= 4 is 11.7 Å². The highest BCUT2D eigenvalue weighted by Gasteiger charge is 2.41. The highest BCUT2D eigenvalue weighted by molar-refractivity contribution is 5.71. The summed E-state index contributed by atoms with van der Waals surface area (Å²) in [6.07, 6.45) is -3.55. The molecule has 8 nitrogen and oxygen atoms in total. The molecule has 2 bridgehead atoms. The van der Waals surface area contributed by atoms with Gasteiger partial charge in [0, 0.05) is 31.2 Å². The van der Waals surface area contributed by atoms with Gasteiger partial charge in [0.15, 0.2) is 5.65 Å². The average molecular weight is 342 g/mol. The molecule has 11 heteroatoms. The largest absolute Gasteiger partial charge is 0.453 e. The Labute approximate surface area is 133 Å². The minimum absolute atomic E-state index is 0.0422. The Morgan fingerprint density at radius 2 is 1.92 bits per heavy atom. The average Bonchev–Trinajstić information content (AvgIpc) is 3.05. The normalized spacial score (nSPS) is 23.7. The van der Waals surface area contributed by atoms with Gasteiger partial charge in [-0.2, -0.15) is 17.7 Å². The summed E-state index contributed by atoms with van der Waals surface area (Å²) in [5.41, 5.74) is -0.0793. The van der Waals surface area contributed by atoms with E-state index in [0.717, 1.165) is 12.8 Å². The van der Waals surface area contributed by atoms with Gasteiger partial charge >= 0.3 is 12.3 Å². The third-order valence-electron chi connectivity index (χ3n) is 4.27. The maximum Gasteiger partial charge on any atom is 0.453 e. The van der Waals surface area contributed by atoms with E-state index in [9.17, 15) is 18.0 Å². The number of carbonyl (C=O) groups is 1. The number of alkyl halides is 3. The molecule has 128 valence electrons. The molecule has 4 rings (SSSR count). The number of piperazine rings is 1. The van der Waals surface area contributed by atoms with Gasteiger partial charge in [0.05, 0.1) is 0 Å². The third kappa shape index (κ3) is 2.44. The van der Waals surface area contributed by atoms with Crippen molar-refractivity contribution in [2.75, 3.05) is 13.1 Å². The Kier molecular flexibility index (Phi) is 3.34. The number of carbonyl (C=O) groups excluding carboxylic acids is 1. The van der Waals surface area contributed by atoms with Gasteiger partial charge in [0.25, 0.3) is 5.82 Å². The monoisotopic (exact) mass is 342 g/mol. The van der Waals surface area contributed by atoms with E-state index in [-0.39, 0.29) is 23.6 Å². The third-order valence-corrected chi connectivity index (χ3v) is 4.27. The lowest BCUT2D eigenvalue weighted by Crippen LogP contribution is -2.55. The summed E-state index contributed by atoms with van der Waals surface area (Å²) in [5.74, 6) is -1.49. The maximum atomic E-state index is 12.9. The highest BCUT2D eigenvalue weighted by atomic mass is 19.4. The van der Waals surface area contributed by atoms with Crippen LogP contribution in [-0.2, 0) is 6.18 Å². The van der Waals surface area contributed by atoms with Crippen molar-refractivity contribution in [3.63, 3.8) is 0 Å². The molecule has 2 aromatic heterocycles. The zero-order valence-electron chi connectivity index (χ0n) is 12.3. The molecule has 0 aliphatic carbocycles. The number of amides is 1. The molecular formula is C13H13F3N6O2. The number of nitrogens with zero attached hydrogens (tertiary/aromatic N) is 5. The number of aromatic nitrogens is 4. The van der Waals surface area contributed by atoms with Crippen molar-refractivity contribution in [3.05, 3.63) is 18.0 Å². The highest BCUT2D eigenvalue weighted by Crippen LogP contribution is 2.29. The number of hydrogen-bond acceptors (Lipinski definition) is 6. The first kappa shape index (κ1) is 15.1. The second-order valence-electron chi connectivity index (χ2n) is 5.78. The van der Waals surface area contributed by atoms with Gasteiger partial charge in [-0.05, 0) is 18.9 Å². The van der Waals surface area contributed by atoms with E-state index < -0.39 is 18.1 Å². The smallest absolute Gasteiger partial charge is 0.390 e. The second-order valence-corrected chi connectivity index (χ2v) is 5.78. The molecule has 2 aliphatic heterocycles. The van der Waals surface area contributed by atoms with Crippen LogP contribution in [0, 0.1) is 0 Å². The molecule has 2 atom stereocenters. The van der Waals surface area contributed by atoms with Crippen LogP contribution < -0.4 is 10.1 Å². The van der Waals surface area contributed by atoms with Gasteiger partial charge in [-0.1, -0.05) is 0 Å². The summed E-state index contributed by atoms with van der Waals surface area (Å²) >= 11 is 0. The van der Waals surface area contributed by atoms with Crippen molar-refractivity contribution in [2.45, 2.75) is 31.1 Å². The molecule has 2 saturated heterocycles. The molecular weight excluding hydrogens is 329 g/mol. The molecule has 2 aromatic rings. The first-order valence-corrected chi connectivity index (χ1v) is 7.44. The first-order valence-electron chi connectivity index (χ1n) is 7.44. The lowest BCUT2D eigenvalue weighted by atomic mass is 10.2. The summed E-state index contributed by atoms with van der Waals surface area (Å²) in [7, 11) is 0. The van der Waals surface area contributed by atoms with Gasteiger partial charge in [-0.15, -0.1) is 15.3 Å². The van der Waals surface area contributed by atoms with E-state index in [0.29, 0.717) is 17.6 Å². The van der Waals surface area contributed by atoms with Crippen LogP contribution in [0.15, 0.2) is 12.1 Å². The molecule has 1 amide bonds. The second kappa shape index (κ2) is 5.30. The Balaban J connectivity index is 1.59. The van der Waals surface area contributed by atoms with Crippen LogP contribution >= 0.6 is 0 Å². The quantitative estimate of drug-likeness (QED) is 0.835. The Morgan fingerprint density at radius 3 is 2.58 bits per heavy atom. The minimum Gasteiger partial charge on any atom is -0.390 e. The number of nitrogens with one attached hydrogen (secondary N) is 1. The number of fused-ring (bicyclic) bond motifs is 3. The predicted molar refractivity (Wildman–Crippen MR) is 73.3 cm³/mol. The van der Waals surface area contributed by atoms with Crippen LogP contribution in [0.4, 0.5) is 18.0 Å². The molecule has 2 aliphatic rings. The Bertz CT molecular complexity index is 776. The molecule has 0 radical (unpaired) electrons. The van der Waals surface area contributed by atoms with Crippen molar-refractivity contribution < 1.29 is 22.7 Å². The van der Waals surface area contributed by atoms with Crippen molar-refractivity contribution in [1.29, 1.82) is 0 Å². The molecule has 24 heavy (non-hydrogen) atoms. The fourth-order valence-corrected chi connectivity index (χ4v) is 3.22. The first-order chi connectivity index (χ1) is 11.4. The predicted octanol–water partition coefficient (Wildman–Crippen LogP) is 1.08. The number of ether oxygens (including phenoxy) is 1. The van der Waals surface area contributed by atoms with Crippen LogP contribution in [0.2, 0.25) is 0 Å². The van der Waals surface area contributed by atoms with Crippen LogP contribution in [0.25, 0.3) is 5.65 Å². The van der Waals surface area contributed by atoms with E-state index in [1.165, 1.54) is 12.1 Å². The summed E-state index contributed by atoms with van der Waals surface area (Å²) in [6.45, 7) is 1.36. The van der Waals surface area contributed by atoms with Gasteiger partial charge in [0.1, 0.15) is 0 Å². The zero-order valence-corrected chi connectivity index (χ0v) is 12.3. The van der Waals surface area contributed by atoms with Crippen molar-refractivity contribution in [1.82, 2.24) is 30.0 Å². The van der Waals surface area contributed by atoms with Crippen LogP contribution in [0.5, 0.6) is 5.88 Å². The molecule has 0 spiro atoms. The van der Waals surface area contributed by atoms with Gasteiger partial charge in [-0.25, -0.2) is 4.79 Å². The molecule has 4 heterocycles. The fourth-order valence-electron chi connectivity index (χ4n) is 3.22. The zero-order chi connectivity index (χ0) is 16.9. The molecule has 0 saturated carbocycles. The fraction of sp³-hybridized carbons (Fsp3) is 0.538. The van der Waals surface area contributed by atoms with Crippen molar-refractivity contribution in [2.24, 2.45) is 0 Å². The molecule has 0 aromatic carbocycles. The topological polar surface area (TPSA) is 84.6 Å². The minimum atomic E-state index is -4.70. The lowest BCUT2D eigenvalue weighted by molar-refractivity contribution is -0.146. The number of halogens is 3. The van der Waals surface area contributed by atoms with Gasteiger partial charge in [-0.3, -0.25) is 4.90 Å². The number of rotatable bonds is 1. The Morgan fingerprint density at radius 1 is 1.21 bits per heavy atom. The van der Waals surface area contributed by atoms with E-state index in [2.05, 4.69) is 20.6 Å². The summed E-state index contributed by atoms with van der Waals surface area (Å²) in [6, 6.07) is 2.65. The maximum absolute atomic E-state index is 12.9. The summed E-state index contributed by atoms with van der Waals surface area (Å²) in [4.78, 5) is 14.0. The van der Waals surface area contributed by atoms with Crippen LogP contribution in [-0.4, -0.2) is 56.0 Å². The van der Waals surface area contributed by atoms with Crippen LogP contribution in [0.1, 0.15) is 18.7 Å². The van der Waals surface area contributed by atoms with Crippen molar-refractivity contribution in [3.8, 4) is 5.88 Å². The molecule has 2 unspecified atom stereocenters. The standard InChI is InChI=1S/C13H13F3N6O2/c14-13(15,16)11-19-18-9-3-4-10(20-22(9)11)24-12(23)21-7-1-2-8(21)6-17-5-7/h3-4,7-8,17H,1-2,5-6H2. The van der Waals surface area contributed by atoms with Crippen LogP contribution in [0.3, 0.4) is 0 Å². The van der Waals surface area contributed by atoms with E-state index >= 15 is 0 Å². The number of hydrogen-bond donors (Lipinski definition) is 1. The lowest BCUT2D eigenvalue weighted by Gasteiger charge is -2.34. The van der Waals surface area contributed by atoms with E-state index in [1.807, 2.05) is 0 Å². The van der Waals surface area contributed by atoms with E-state index in [4.69, 9.17) is 4.74 Å². The summed E-state index contributed by atoms with van der Waals surface area (Å²) in [5, 5.41) is 13.4.